The Bertz CT molecular complexity index is 1120. The minimum absolute atomic E-state index is 0.0654. The summed E-state index contributed by atoms with van der Waals surface area (Å²) in [7, 11) is 0. The quantitative estimate of drug-likeness (QED) is 0.691. The second kappa shape index (κ2) is 8.50. The summed E-state index contributed by atoms with van der Waals surface area (Å²) < 4.78 is 43.6. The highest BCUT2D eigenvalue weighted by Crippen LogP contribution is 2.45. The van der Waals surface area contributed by atoms with Gasteiger partial charge in [0.15, 0.2) is 11.6 Å². The molecule has 0 radical (unpaired) electrons. The molecule has 9 heteroatoms. The summed E-state index contributed by atoms with van der Waals surface area (Å²) in [4.78, 5) is 26.2. The van der Waals surface area contributed by atoms with Crippen molar-refractivity contribution in [3.05, 3.63) is 34.4 Å². The van der Waals surface area contributed by atoms with E-state index in [2.05, 4.69) is 5.32 Å². The molecular formula is C24H31F2N3O4. The Morgan fingerprint density at radius 3 is 2.67 bits per heavy atom. The average Bonchev–Trinajstić information content (AvgIpc) is 3.48. The van der Waals surface area contributed by atoms with Gasteiger partial charge in [-0.05, 0) is 52.7 Å². The van der Waals surface area contributed by atoms with E-state index in [1.807, 2.05) is 0 Å². The van der Waals surface area contributed by atoms with Crippen LogP contribution in [0.5, 0.6) is 5.75 Å². The minimum Gasteiger partial charge on any atom is -0.489 e. The standard InChI is InChI=1S/C24H31F2N3O4/c1-5-32-21-19-15(6-9-18(30)29(19)16-7-8-16)12-17(25)20(21)28-11-10-24(26,14-28)13-27-22(31)33-23(2,3)4/h6,9,12,16H,5,7-8,10-11,13-14H2,1-4H3,(H,27,31). The van der Waals surface area contributed by atoms with Crippen molar-refractivity contribution in [3.63, 3.8) is 0 Å². The highest BCUT2D eigenvalue weighted by Gasteiger charge is 2.41. The van der Waals surface area contributed by atoms with E-state index in [9.17, 15) is 9.59 Å². The van der Waals surface area contributed by atoms with Gasteiger partial charge >= 0.3 is 6.09 Å². The number of hydrogen-bond donors (Lipinski definition) is 1. The number of carbonyl (C=O) groups is 1. The van der Waals surface area contributed by atoms with Crippen molar-refractivity contribution in [3.8, 4) is 5.75 Å². The molecule has 2 aliphatic rings. The fourth-order valence-electron chi connectivity index (χ4n) is 4.34. The van der Waals surface area contributed by atoms with Crippen LogP contribution < -0.4 is 20.5 Å². The lowest BCUT2D eigenvalue weighted by atomic mass is 10.1. The van der Waals surface area contributed by atoms with Crippen LogP contribution in [0.4, 0.5) is 19.3 Å². The van der Waals surface area contributed by atoms with Crippen LogP contribution >= 0.6 is 0 Å². The number of aromatic nitrogens is 1. The number of ether oxygens (including phenoxy) is 2. The van der Waals surface area contributed by atoms with Gasteiger partial charge in [0.1, 0.15) is 17.0 Å². The fourth-order valence-corrected chi connectivity index (χ4v) is 4.34. The molecule has 1 saturated carbocycles. The largest absolute Gasteiger partial charge is 0.489 e. The van der Waals surface area contributed by atoms with Gasteiger partial charge in [0.25, 0.3) is 5.56 Å². The predicted octanol–water partition coefficient (Wildman–Crippen LogP) is 4.32. The Morgan fingerprint density at radius 1 is 1.30 bits per heavy atom. The molecule has 7 nitrogen and oxygen atoms in total. The molecule has 1 saturated heterocycles. The van der Waals surface area contributed by atoms with Crippen LogP contribution in [0, 0.1) is 5.82 Å². The molecule has 33 heavy (non-hydrogen) atoms. The molecule has 1 aromatic carbocycles. The smallest absolute Gasteiger partial charge is 0.407 e. The number of halogens is 2. The number of carbonyl (C=O) groups excluding carboxylic acids is 1. The number of amides is 1. The molecule has 1 atom stereocenters. The molecule has 1 aromatic heterocycles. The van der Waals surface area contributed by atoms with E-state index in [0.717, 1.165) is 12.8 Å². The Labute approximate surface area is 191 Å². The number of hydrogen-bond acceptors (Lipinski definition) is 5. The fraction of sp³-hybridized carbons (Fsp3) is 0.583. The molecule has 2 heterocycles. The number of alkyl halides is 1. The number of anilines is 1. The lowest BCUT2D eigenvalue weighted by molar-refractivity contribution is 0.0486. The van der Waals surface area contributed by atoms with Crippen molar-refractivity contribution in [2.75, 3.05) is 31.1 Å². The van der Waals surface area contributed by atoms with E-state index >= 15 is 8.78 Å². The molecule has 1 aliphatic carbocycles. The van der Waals surface area contributed by atoms with Crippen LogP contribution in [0.15, 0.2) is 23.0 Å². The van der Waals surface area contributed by atoms with E-state index in [4.69, 9.17) is 9.47 Å². The summed E-state index contributed by atoms with van der Waals surface area (Å²) in [5.74, 6) is -0.266. The third-order valence-corrected chi connectivity index (χ3v) is 5.87. The third kappa shape index (κ3) is 4.91. The van der Waals surface area contributed by atoms with E-state index in [0.29, 0.717) is 10.9 Å². The van der Waals surface area contributed by atoms with Crippen molar-refractivity contribution >= 4 is 22.7 Å². The van der Waals surface area contributed by atoms with Crippen LogP contribution in [0.1, 0.15) is 53.0 Å². The second-order valence-electron chi connectivity index (χ2n) is 9.86. The van der Waals surface area contributed by atoms with Crippen LogP contribution in [-0.4, -0.2) is 48.2 Å². The number of pyridine rings is 1. The van der Waals surface area contributed by atoms with Crippen molar-refractivity contribution in [2.24, 2.45) is 0 Å². The van der Waals surface area contributed by atoms with Gasteiger partial charge in [0.05, 0.1) is 25.2 Å². The summed E-state index contributed by atoms with van der Waals surface area (Å²) in [6.07, 6.45) is 1.17. The molecule has 4 rings (SSSR count). The lowest BCUT2D eigenvalue weighted by Gasteiger charge is -2.27. The number of nitrogens with one attached hydrogen (secondary N) is 1. The van der Waals surface area contributed by atoms with Gasteiger partial charge in [-0.1, -0.05) is 0 Å². The summed E-state index contributed by atoms with van der Waals surface area (Å²) in [5.41, 5.74) is -1.90. The summed E-state index contributed by atoms with van der Waals surface area (Å²) in [5, 5.41) is 3.06. The molecule has 1 N–H and O–H groups in total. The first-order valence-corrected chi connectivity index (χ1v) is 11.4. The first kappa shape index (κ1) is 23.3. The average molecular weight is 464 g/mol. The zero-order chi connectivity index (χ0) is 24.0. The van der Waals surface area contributed by atoms with E-state index in [1.165, 1.54) is 12.1 Å². The van der Waals surface area contributed by atoms with Gasteiger partial charge < -0.3 is 24.3 Å². The normalized spacial score (nSPS) is 20.8. The number of alkyl carbamates (subject to hydrolysis) is 1. The molecule has 2 aromatic rings. The maximum atomic E-state index is 15.6. The highest BCUT2D eigenvalue weighted by molar-refractivity contribution is 5.91. The second-order valence-corrected chi connectivity index (χ2v) is 9.86. The summed E-state index contributed by atoms with van der Waals surface area (Å²) >= 11 is 0. The van der Waals surface area contributed by atoms with Crippen LogP contribution in [0.25, 0.3) is 10.9 Å². The van der Waals surface area contributed by atoms with Crippen molar-refractivity contribution in [1.82, 2.24) is 9.88 Å². The minimum atomic E-state index is -1.76. The number of benzene rings is 1. The zero-order valence-corrected chi connectivity index (χ0v) is 19.5. The molecular weight excluding hydrogens is 432 g/mol. The van der Waals surface area contributed by atoms with E-state index in [1.54, 1.807) is 43.2 Å². The maximum absolute atomic E-state index is 15.6. The number of nitrogens with zero attached hydrogens (tertiary/aromatic N) is 2. The molecule has 1 aliphatic heterocycles. The number of fused-ring (bicyclic) bond motifs is 1. The molecule has 1 unspecified atom stereocenters. The molecule has 1 amide bonds. The van der Waals surface area contributed by atoms with Crippen molar-refractivity contribution in [2.45, 2.75) is 64.3 Å². The van der Waals surface area contributed by atoms with Gasteiger partial charge in [-0.3, -0.25) is 4.79 Å². The van der Waals surface area contributed by atoms with Gasteiger partial charge in [-0.2, -0.15) is 0 Å². The van der Waals surface area contributed by atoms with Crippen LogP contribution in [0.3, 0.4) is 0 Å². The van der Waals surface area contributed by atoms with E-state index < -0.39 is 23.2 Å². The Morgan fingerprint density at radius 2 is 2.03 bits per heavy atom. The highest BCUT2D eigenvalue weighted by atomic mass is 19.1. The first-order valence-electron chi connectivity index (χ1n) is 11.4. The van der Waals surface area contributed by atoms with Gasteiger partial charge in [-0.15, -0.1) is 0 Å². The lowest BCUT2D eigenvalue weighted by Crippen LogP contribution is -2.43. The maximum Gasteiger partial charge on any atom is 0.407 e. The molecule has 2 fully saturated rings. The Hall–Kier alpha value is -2.84. The predicted molar refractivity (Wildman–Crippen MR) is 123 cm³/mol. The SMILES string of the molecule is CCOc1c(N2CCC(F)(CNC(=O)OC(C)(C)C)C2)c(F)cc2ccc(=O)n(C3CC3)c12. The van der Waals surface area contributed by atoms with Gasteiger partial charge in [0.2, 0.25) is 0 Å². The summed E-state index contributed by atoms with van der Waals surface area (Å²) in [6.45, 7) is 7.13. The first-order chi connectivity index (χ1) is 15.5. The molecule has 0 bridgehead atoms. The van der Waals surface area contributed by atoms with Crippen molar-refractivity contribution in [1.29, 1.82) is 0 Å². The number of rotatable bonds is 6. The molecule has 0 spiro atoms. The van der Waals surface area contributed by atoms with E-state index in [-0.39, 0.29) is 55.7 Å². The summed E-state index contributed by atoms with van der Waals surface area (Å²) in [6, 6.07) is 4.49. The topological polar surface area (TPSA) is 72.8 Å². The van der Waals surface area contributed by atoms with Crippen LogP contribution in [-0.2, 0) is 4.74 Å². The monoisotopic (exact) mass is 463 g/mol. The van der Waals surface area contributed by atoms with Crippen LogP contribution in [0.2, 0.25) is 0 Å². The Kier molecular flexibility index (Phi) is 6.01. The van der Waals surface area contributed by atoms with Gasteiger partial charge in [-0.25, -0.2) is 13.6 Å². The van der Waals surface area contributed by atoms with Crippen molar-refractivity contribution < 1.29 is 23.0 Å². The van der Waals surface area contributed by atoms with Gasteiger partial charge in [0, 0.05) is 30.5 Å². The zero-order valence-electron chi connectivity index (χ0n) is 19.5. The third-order valence-electron chi connectivity index (χ3n) is 5.87. The Balaban J connectivity index is 1.65. The molecule has 180 valence electrons.